The first kappa shape index (κ1) is 11.2. The summed E-state index contributed by atoms with van der Waals surface area (Å²) in [5.74, 6) is 6.03. The van der Waals surface area contributed by atoms with Gasteiger partial charge in [-0.15, -0.1) is 11.8 Å². The monoisotopic (exact) mass is 226 g/mol. The fourth-order valence-electron chi connectivity index (χ4n) is 2.67. The normalized spacial score (nSPS) is 43.5. The van der Waals surface area contributed by atoms with E-state index in [-0.39, 0.29) is 10.5 Å². The lowest BCUT2D eigenvalue weighted by atomic mass is 9.90. The zero-order valence-corrected chi connectivity index (χ0v) is 9.98. The van der Waals surface area contributed by atoms with Crippen molar-refractivity contribution in [2.75, 3.05) is 0 Å². The summed E-state index contributed by atoms with van der Waals surface area (Å²) in [5.41, 5.74) is -0.651. The molecule has 0 aromatic heterocycles. The first-order chi connectivity index (χ1) is 7.14. The lowest BCUT2D eigenvalue weighted by molar-refractivity contribution is 0.0278. The third kappa shape index (κ3) is 2.26. The van der Waals surface area contributed by atoms with Crippen LogP contribution in [0.25, 0.3) is 0 Å². The lowest BCUT2D eigenvalue weighted by Gasteiger charge is -2.34. The second-order valence-corrected chi connectivity index (χ2v) is 6.66. The highest BCUT2D eigenvalue weighted by atomic mass is 32.2. The van der Waals surface area contributed by atoms with Gasteiger partial charge < -0.3 is 5.11 Å². The molecular weight excluding hydrogens is 208 g/mol. The van der Waals surface area contributed by atoms with E-state index in [1.807, 2.05) is 6.92 Å². The number of hydrogen-bond acceptors (Lipinski definition) is 2. The number of aliphatic hydroxyl groups is 1. The van der Waals surface area contributed by atoms with Crippen LogP contribution in [0.3, 0.4) is 0 Å². The second kappa shape index (κ2) is 4.27. The molecule has 0 aromatic rings. The Balaban J connectivity index is 2.03. The van der Waals surface area contributed by atoms with Gasteiger partial charge in [0.05, 0.1) is 5.60 Å². The van der Waals surface area contributed by atoms with Gasteiger partial charge in [0.2, 0.25) is 0 Å². The molecule has 0 amide bonds. The van der Waals surface area contributed by atoms with Crippen LogP contribution in [-0.2, 0) is 10.8 Å². The molecule has 2 fully saturated rings. The molecule has 1 N–H and O–H groups in total. The van der Waals surface area contributed by atoms with Crippen molar-refractivity contribution in [3.63, 3.8) is 0 Å². The van der Waals surface area contributed by atoms with Gasteiger partial charge in [0.1, 0.15) is 0 Å². The highest BCUT2D eigenvalue weighted by Gasteiger charge is 2.47. The van der Waals surface area contributed by atoms with Gasteiger partial charge in [-0.25, -0.2) is 0 Å². The van der Waals surface area contributed by atoms with Gasteiger partial charge >= 0.3 is 0 Å². The molecule has 15 heavy (non-hydrogen) atoms. The summed E-state index contributed by atoms with van der Waals surface area (Å²) < 4.78 is 11.8. The Labute approximate surface area is 93.9 Å². The van der Waals surface area contributed by atoms with E-state index >= 15 is 0 Å². The zero-order chi connectivity index (χ0) is 10.9. The predicted molar refractivity (Wildman–Crippen MR) is 61.8 cm³/mol. The SMILES string of the molecule is CCC#CCC1(O)CC2CCC(C1)S2=O. The molecule has 0 radical (unpaired) electrons. The summed E-state index contributed by atoms with van der Waals surface area (Å²) >= 11 is 0. The minimum atomic E-state index is -0.681. The van der Waals surface area contributed by atoms with E-state index in [0.717, 1.165) is 19.3 Å². The van der Waals surface area contributed by atoms with Crippen molar-refractivity contribution in [1.82, 2.24) is 0 Å². The lowest BCUT2D eigenvalue weighted by Crippen LogP contribution is -2.42. The Bertz CT molecular complexity index is 310. The summed E-state index contributed by atoms with van der Waals surface area (Å²) in [5, 5.41) is 10.8. The summed E-state index contributed by atoms with van der Waals surface area (Å²) in [4.78, 5) is 0. The van der Waals surface area contributed by atoms with Crippen LogP contribution in [0.2, 0.25) is 0 Å². The topological polar surface area (TPSA) is 37.3 Å². The summed E-state index contributed by atoms with van der Waals surface area (Å²) in [6.45, 7) is 2.01. The molecule has 2 unspecified atom stereocenters. The molecule has 2 heterocycles. The Hall–Kier alpha value is -0.330. The molecule has 2 rings (SSSR count). The highest BCUT2D eigenvalue weighted by Crippen LogP contribution is 2.42. The van der Waals surface area contributed by atoms with Gasteiger partial charge in [0, 0.05) is 34.1 Å². The first-order valence-corrected chi connectivity index (χ1v) is 7.00. The Morgan fingerprint density at radius 1 is 1.33 bits per heavy atom. The van der Waals surface area contributed by atoms with E-state index < -0.39 is 16.4 Å². The average molecular weight is 226 g/mol. The van der Waals surface area contributed by atoms with Crippen LogP contribution in [0.5, 0.6) is 0 Å². The minimum Gasteiger partial charge on any atom is -0.389 e. The molecule has 0 aliphatic carbocycles. The maximum absolute atomic E-state index is 11.8. The van der Waals surface area contributed by atoms with Gasteiger partial charge in [-0.2, -0.15) is 0 Å². The third-order valence-electron chi connectivity index (χ3n) is 3.40. The van der Waals surface area contributed by atoms with E-state index in [0.29, 0.717) is 19.3 Å². The van der Waals surface area contributed by atoms with E-state index in [1.165, 1.54) is 0 Å². The molecule has 84 valence electrons. The average Bonchev–Trinajstić information content (AvgIpc) is 2.44. The van der Waals surface area contributed by atoms with Gasteiger partial charge in [0.15, 0.2) is 0 Å². The van der Waals surface area contributed by atoms with Crippen molar-refractivity contribution in [3.8, 4) is 11.8 Å². The number of rotatable bonds is 1. The van der Waals surface area contributed by atoms with Crippen molar-refractivity contribution in [2.24, 2.45) is 0 Å². The van der Waals surface area contributed by atoms with Crippen LogP contribution in [0.15, 0.2) is 0 Å². The van der Waals surface area contributed by atoms with Crippen LogP contribution in [0.1, 0.15) is 45.4 Å². The fourth-order valence-corrected chi connectivity index (χ4v) is 4.90. The van der Waals surface area contributed by atoms with E-state index in [1.54, 1.807) is 0 Å². The van der Waals surface area contributed by atoms with Crippen LogP contribution in [-0.4, -0.2) is 25.4 Å². The Morgan fingerprint density at radius 2 is 1.93 bits per heavy atom. The quantitative estimate of drug-likeness (QED) is 0.689. The molecule has 2 bridgehead atoms. The van der Waals surface area contributed by atoms with E-state index in [2.05, 4.69) is 11.8 Å². The molecule has 0 aromatic carbocycles. The van der Waals surface area contributed by atoms with E-state index in [9.17, 15) is 9.32 Å². The van der Waals surface area contributed by atoms with Crippen molar-refractivity contribution < 1.29 is 9.32 Å². The maximum atomic E-state index is 11.8. The summed E-state index contributed by atoms with van der Waals surface area (Å²) in [7, 11) is -0.681. The highest BCUT2D eigenvalue weighted by molar-refractivity contribution is 7.86. The van der Waals surface area contributed by atoms with Crippen LogP contribution in [0.4, 0.5) is 0 Å². The number of hydrogen-bond donors (Lipinski definition) is 1. The number of fused-ring (bicyclic) bond motifs is 2. The smallest absolute Gasteiger partial charge is 0.0779 e. The zero-order valence-electron chi connectivity index (χ0n) is 9.16. The van der Waals surface area contributed by atoms with Crippen molar-refractivity contribution in [2.45, 2.75) is 61.5 Å². The minimum absolute atomic E-state index is 0.233. The van der Waals surface area contributed by atoms with Crippen molar-refractivity contribution >= 4 is 10.8 Å². The van der Waals surface area contributed by atoms with E-state index in [4.69, 9.17) is 0 Å². The van der Waals surface area contributed by atoms with Crippen molar-refractivity contribution in [1.29, 1.82) is 0 Å². The van der Waals surface area contributed by atoms with Gasteiger partial charge in [0.25, 0.3) is 0 Å². The fraction of sp³-hybridized carbons (Fsp3) is 0.833. The third-order valence-corrected chi connectivity index (χ3v) is 5.52. The molecule has 2 aliphatic rings. The van der Waals surface area contributed by atoms with Gasteiger partial charge in [-0.05, 0) is 25.7 Å². The largest absolute Gasteiger partial charge is 0.389 e. The van der Waals surface area contributed by atoms with Crippen LogP contribution in [0, 0.1) is 11.8 Å². The molecule has 2 aliphatic heterocycles. The standard InChI is InChI=1S/C12H18O2S/c1-2-3-4-7-12(13)8-10-5-6-11(9-12)15(10)14/h10-11,13H,2,5-9H2,1H3. The predicted octanol–water partition coefficient (Wildman–Crippen LogP) is 1.59. The molecule has 2 atom stereocenters. The maximum Gasteiger partial charge on any atom is 0.0779 e. The first-order valence-electron chi connectivity index (χ1n) is 5.72. The molecular formula is C12H18O2S. The van der Waals surface area contributed by atoms with Gasteiger partial charge in [-0.1, -0.05) is 6.92 Å². The molecule has 3 heteroatoms. The van der Waals surface area contributed by atoms with Gasteiger partial charge in [-0.3, -0.25) is 4.21 Å². The summed E-state index contributed by atoms with van der Waals surface area (Å²) in [6, 6.07) is 0. The van der Waals surface area contributed by atoms with Crippen LogP contribution >= 0.6 is 0 Å². The molecule has 0 spiro atoms. The Morgan fingerprint density at radius 3 is 2.47 bits per heavy atom. The molecule has 2 nitrogen and oxygen atoms in total. The molecule has 2 saturated heterocycles. The summed E-state index contributed by atoms with van der Waals surface area (Å²) in [6.07, 6.45) is 4.84. The molecule has 0 saturated carbocycles. The van der Waals surface area contributed by atoms with Crippen LogP contribution < -0.4 is 0 Å². The Kier molecular flexibility index (Phi) is 3.18. The second-order valence-electron chi connectivity index (χ2n) is 4.67. The van der Waals surface area contributed by atoms with Crippen molar-refractivity contribution in [3.05, 3.63) is 0 Å².